The molecule has 0 aliphatic rings. The minimum Gasteiger partial charge on any atom is -0.481 e. The molecule has 0 saturated carbocycles. The van der Waals surface area contributed by atoms with E-state index < -0.39 is 59.5 Å². The SMILES string of the molecule is O=C(O)CCCCCCCC(C(=O)O)C(C(=O)O)C(C(=O)O)C(CCCCCCCC(=O)O)C(=O)O. The summed E-state index contributed by atoms with van der Waals surface area (Å²) < 4.78 is 0. The zero-order valence-electron chi connectivity index (χ0n) is 20.3. The molecule has 0 aromatic heterocycles. The van der Waals surface area contributed by atoms with Crippen LogP contribution in [0.4, 0.5) is 0 Å². The van der Waals surface area contributed by atoms with Crippen molar-refractivity contribution < 1.29 is 59.4 Å². The molecule has 0 radical (unpaired) electrons. The molecular weight excluding hydrogens is 480 g/mol. The lowest BCUT2D eigenvalue weighted by atomic mass is 9.71. The number of aliphatic carboxylic acids is 6. The van der Waals surface area contributed by atoms with Crippen LogP contribution in [0, 0.1) is 23.7 Å². The van der Waals surface area contributed by atoms with Gasteiger partial charge in [0, 0.05) is 12.8 Å². The highest BCUT2D eigenvalue weighted by molar-refractivity contribution is 5.88. The van der Waals surface area contributed by atoms with Gasteiger partial charge < -0.3 is 30.6 Å². The molecule has 206 valence electrons. The third-order valence-electron chi connectivity index (χ3n) is 6.27. The van der Waals surface area contributed by atoms with Crippen LogP contribution >= 0.6 is 0 Å². The van der Waals surface area contributed by atoms with Gasteiger partial charge in [-0.25, -0.2) is 0 Å². The molecule has 0 bridgehead atoms. The fourth-order valence-corrected chi connectivity index (χ4v) is 4.41. The molecule has 0 aromatic rings. The van der Waals surface area contributed by atoms with Gasteiger partial charge in [0.05, 0.1) is 23.7 Å². The van der Waals surface area contributed by atoms with Crippen molar-refractivity contribution in [3.8, 4) is 0 Å². The summed E-state index contributed by atoms with van der Waals surface area (Å²) in [6, 6.07) is 0. The fourth-order valence-electron chi connectivity index (χ4n) is 4.41. The minimum atomic E-state index is -1.94. The van der Waals surface area contributed by atoms with E-state index >= 15 is 0 Å². The molecule has 0 aliphatic heterocycles. The smallest absolute Gasteiger partial charge is 0.308 e. The summed E-state index contributed by atoms with van der Waals surface area (Å²) in [5.41, 5.74) is 0. The molecule has 6 N–H and O–H groups in total. The van der Waals surface area contributed by atoms with Gasteiger partial charge in [0.2, 0.25) is 0 Å². The molecule has 12 nitrogen and oxygen atoms in total. The maximum atomic E-state index is 12.0. The highest BCUT2D eigenvalue weighted by Gasteiger charge is 2.48. The molecule has 0 amide bonds. The van der Waals surface area contributed by atoms with Gasteiger partial charge in [-0.2, -0.15) is 0 Å². The van der Waals surface area contributed by atoms with Crippen molar-refractivity contribution in [2.24, 2.45) is 23.7 Å². The van der Waals surface area contributed by atoms with Crippen molar-refractivity contribution in [2.75, 3.05) is 0 Å². The third-order valence-corrected chi connectivity index (χ3v) is 6.27. The van der Waals surface area contributed by atoms with Crippen LogP contribution in [0.5, 0.6) is 0 Å². The zero-order chi connectivity index (χ0) is 27.7. The van der Waals surface area contributed by atoms with Gasteiger partial charge in [-0.05, 0) is 25.7 Å². The summed E-state index contributed by atoms with van der Waals surface area (Å²) in [4.78, 5) is 68.9. The maximum Gasteiger partial charge on any atom is 0.308 e. The summed E-state index contributed by atoms with van der Waals surface area (Å²) in [6.45, 7) is 0. The van der Waals surface area contributed by atoms with Gasteiger partial charge in [-0.1, -0.05) is 51.4 Å². The normalized spacial score (nSPS) is 14.3. The highest BCUT2D eigenvalue weighted by Crippen LogP contribution is 2.35. The number of carboxylic acid groups (broad SMARTS) is 6. The van der Waals surface area contributed by atoms with E-state index in [2.05, 4.69) is 0 Å². The Morgan fingerprint density at radius 1 is 0.389 bits per heavy atom. The standard InChI is InChI=1S/C24H38O12/c25-17(26)13-9-5-1-3-7-11-15(21(29)30)19(23(33)34)20(24(35)36)16(22(31)32)12-8-4-2-6-10-14-18(27)28/h15-16,19-20H,1-14H2,(H,25,26)(H,27,28)(H,29,30)(H,31,32)(H,33,34)(H,35,36). The monoisotopic (exact) mass is 518 g/mol. The second-order valence-corrected chi connectivity index (χ2v) is 9.02. The second kappa shape index (κ2) is 18.1. The second-order valence-electron chi connectivity index (χ2n) is 9.02. The fraction of sp³-hybridized carbons (Fsp3) is 0.750. The molecule has 4 unspecified atom stereocenters. The number of rotatable bonds is 23. The Morgan fingerprint density at radius 2 is 0.667 bits per heavy atom. The van der Waals surface area contributed by atoms with E-state index in [0.29, 0.717) is 51.4 Å². The lowest BCUT2D eigenvalue weighted by molar-refractivity contribution is -0.168. The minimum absolute atomic E-state index is 0.0119. The van der Waals surface area contributed by atoms with Crippen LogP contribution in [-0.4, -0.2) is 66.5 Å². The Labute approximate surface area is 209 Å². The summed E-state index contributed by atoms with van der Waals surface area (Å²) in [6.07, 6.45) is 4.58. The summed E-state index contributed by atoms with van der Waals surface area (Å²) in [7, 11) is 0. The molecule has 0 spiro atoms. The lowest BCUT2D eigenvalue weighted by Crippen LogP contribution is -2.44. The quantitative estimate of drug-likeness (QED) is 0.107. The van der Waals surface area contributed by atoms with Crippen LogP contribution in [0.1, 0.15) is 89.9 Å². The van der Waals surface area contributed by atoms with Crippen molar-refractivity contribution >= 4 is 35.8 Å². The largest absolute Gasteiger partial charge is 0.481 e. The maximum absolute atomic E-state index is 12.0. The van der Waals surface area contributed by atoms with E-state index in [1.165, 1.54) is 0 Å². The first-order valence-corrected chi connectivity index (χ1v) is 12.2. The molecule has 36 heavy (non-hydrogen) atoms. The highest BCUT2D eigenvalue weighted by atomic mass is 16.4. The predicted molar refractivity (Wildman–Crippen MR) is 124 cm³/mol. The van der Waals surface area contributed by atoms with Crippen molar-refractivity contribution in [1.82, 2.24) is 0 Å². The number of carboxylic acids is 6. The van der Waals surface area contributed by atoms with Gasteiger partial charge in [-0.3, -0.25) is 28.8 Å². The molecule has 0 saturated heterocycles. The van der Waals surface area contributed by atoms with Crippen molar-refractivity contribution in [2.45, 2.75) is 89.9 Å². The van der Waals surface area contributed by atoms with Gasteiger partial charge in [0.1, 0.15) is 0 Å². The average molecular weight is 519 g/mol. The van der Waals surface area contributed by atoms with Crippen molar-refractivity contribution in [3.05, 3.63) is 0 Å². The van der Waals surface area contributed by atoms with Gasteiger partial charge >= 0.3 is 35.8 Å². The Balaban J connectivity index is 5.25. The first kappa shape index (κ1) is 32.8. The first-order valence-electron chi connectivity index (χ1n) is 12.2. The molecule has 0 aliphatic carbocycles. The Bertz CT molecular complexity index is 685. The lowest BCUT2D eigenvalue weighted by Gasteiger charge is -2.30. The van der Waals surface area contributed by atoms with Crippen LogP contribution in [0.3, 0.4) is 0 Å². The Kier molecular flexibility index (Phi) is 16.5. The van der Waals surface area contributed by atoms with E-state index in [1.54, 1.807) is 0 Å². The first-order chi connectivity index (χ1) is 16.9. The number of hydrogen-bond acceptors (Lipinski definition) is 6. The molecular formula is C24H38O12. The molecule has 0 heterocycles. The van der Waals surface area contributed by atoms with Crippen LogP contribution in [-0.2, 0) is 28.8 Å². The van der Waals surface area contributed by atoms with Gasteiger partial charge in [0.15, 0.2) is 0 Å². The average Bonchev–Trinajstić information content (AvgIpc) is 2.76. The molecule has 0 rings (SSSR count). The summed E-state index contributed by atoms with van der Waals surface area (Å²) in [5.74, 6) is -15.3. The van der Waals surface area contributed by atoms with Gasteiger partial charge in [-0.15, -0.1) is 0 Å². The molecule has 4 atom stereocenters. The summed E-state index contributed by atoms with van der Waals surface area (Å²) >= 11 is 0. The van der Waals surface area contributed by atoms with Gasteiger partial charge in [0.25, 0.3) is 0 Å². The van der Waals surface area contributed by atoms with E-state index in [0.717, 1.165) is 0 Å². The van der Waals surface area contributed by atoms with Crippen molar-refractivity contribution in [1.29, 1.82) is 0 Å². The van der Waals surface area contributed by atoms with Crippen LogP contribution in [0.2, 0.25) is 0 Å². The van der Waals surface area contributed by atoms with E-state index in [1.807, 2.05) is 0 Å². The number of unbranched alkanes of at least 4 members (excludes halogenated alkanes) is 8. The third kappa shape index (κ3) is 13.6. The molecule has 0 fully saturated rings. The van der Waals surface area contributed by atoms with E-state index in [-0.39, 0.29) is 38.5 Å². The topological polar surface area (TPSA) is 224 Å². The van der Waals surface area contributed by atoms with E-state index in [9.17, 15) is 49.2 Å². The van der Waals surface area contributed by atoms with Crippen LogP contribution in [0.15, 0.2) is 0 Å². The van der Waals surface area contributed by atoms with Crippen molar-refractivity contribution in [3.63, 3.8) is 0 Å². The summed E-state index contributed by atoms with van der Waals surface area (Å²) in [5, 5.41) is 56.1. The van der Waals surface area contributed by atoms with E-state index in [4.69, 9.17) is 10.2 Å². The number of hydrogen-bond donors (Lipinski definition) is 6. The molecule has 0 aromatic carbocycles. The van der Waals surface area contributed by atoms with Crippen LogP contribution < -0.4 is 0 Å². The Morgan fingerprint density at radius 3 is 0.917 bits per heavy atom. The molecule has 12 heteroatoms. The Hall–Kier alpha value is -3.18. The predicted octanol–water partition coefficient (Wildman–Crippen LogP) is 3.42. The van der Waals surface area contributed by atoms with Crippen LogP contribution in [0.25, 0.3) is 0 Å². The number of carbonyl (C=O) groups is 6. The zero-order valence-corrected chi connectivity index (χ0v) is 20.3.